The summed E-state index contributed by atoms with van der Waals surface area (Å²) in [5.41, 5.74) is 2.74. The Morgan fingerprint density at radius 1 is 1.24 bits per heavy atom. The molecule has 0 unspecified atom stereocenters. The van der Waals surface area contributed by atoms with Crippen molar-refractivity contribution in [1.82, 2.24) is 19.9 Å². The van der Waals surface area contributed by atoms with Gasteiger partial charge in [-0.2, -0.15) is 0 Å². The van der Waals surface area contributed by atoms with Gasteiger partial charge in [-0.05, 0) is 38.1 Å². The molecule has 1 N–H and O–H groups in total. The van der Waals surface area contributed by atoms with Crippen LogP contribution < -0.4 is 4.74 Å². The lowest BCUT2D eigenvalue weighted by molar-refractivity contribution is -0.128. The highest BCUT2D eigenvalue weighted by Gasteiger charge is 2.21. The number of fused-ring (bicyclic) bond motifs is 2. The molecule has 1 atom stereocenters. The maximum atomic E-state index is 12.7. The van der Waals surface area contributed by atoms with E-state index in [2.05, 4.69) is 21.0 Å². The highest BCUT2D eigenvalue weighted by Crippen LogP contribution is 2.29. The van der Waals surface area contributed by atoms with Crippen LogP contribution in [-0.2, 0) is 4.79 Å². The van der Waals surface area contributed by atoms with Gasteiger partial charge in [-0.3, -0.25) is 4.79 Å². The SMILES string of the molecule is CCOc1ccc2nc(SCC(=O)N(C)[C@@H](C)c3nc4ccccc4s3)[nH]c2c1. The summed E-state index contributed by atoms with van der Waals surface area (Å²) in [5.74, 6) is 1.15. The number of aromatic nitrogens is 3. The quantitative estimate of drug-likeness (QED) is 0.426. The first-order valence-corrected chi connectivity index (χ1v) is 11.2. The number of hydrogen-bond donors (Lipinski definition) is 1. The molecule has 0 saturated heterocycles. The van der Waals surface area contributed by atoms with E-state index in [1.54, 1.807) is 16.2 Å². The van der Waals surface area contributed by atoms with Gasteiger partial charge in [0.1, 0.15) is 10.8 Å². The van der Waals surface area contributed by atoms with Gasteiger partial charge < -0.3 is 14.6 Å². The summed E-state index contributed by atoms with van der Waals surface area (Å²) in [5, 5.41) is 1.67. The first-order valence-electron chi connectivity index (χ1n) is 9.41. The zero-order valence-electron chi connectivity index (χ0n) is 16.5. The van der Waals surface area contributed by atoms with Crippen molar-refractivity contribution >= 4 is 50.3 Å². The number of para-hydroxylation sites is 1. The Bertz CT molecular complexity index is 1120. The van der Waals surface area contributed by atoms with E-state index in [0.717, 1.165) is 37.2 Å². The van der Waals surface area contributed by atoms with Crippen LogP contribution >= 0.6 is 23.1 Å². The second-order valence-electron chi connectivity index (χ2n) is 6.64. The van der Waals surface area contributed by atoms with E-state index in [1.165, 1.54) is 11.8 Å². The predicted molar refractivity (Wildman–Crippen MR) is 119 cm³/mol. The number of thioether (sulfide) groups is 1. The van der Waals surface area contributed by atoms with Crippen LogP contribution in [0.25, 0.3) is 21.3 Å². The largest absolute Gasteiger partial charge is 0.494 e. The summed E-state index contributed by atoms with van der Waals surface area (Å²) in [6, 6.07) is 13.7. The first-order chi connectivity index (χ1) is 14.0. The number of nitrogens with one attached hydrogen (secondary N) is 1. The van der Waals surface area contributed by atoms with Crippen molar-refractivity contribution in [3.63, 3.8) is 0 Å². The van der Waals surface area contributed by atoms with E-state index < -0.39 is 0 Å². The van der Waals surface area contributed by atoms with Crippen LogP contribution in [0.1, 0.15) is 24.9 Å². The number of rotatable bonds is 7. The number of benzene rings is 2. The molecular formula is C21H22N4O2S2. The molecule has 0 aliphatic rings. The second kappa shape index (κ2) is 8.42. The van der Waals surface area contributed by atoms with E-state index in [1.807, 2.05) is 57.3 Å². The number of ether oxygens (including phenoxy) is 1. The number of H-pyrrole nitrogens is 1. The number of carbonyl (C=O) groups is 1. The Balaban J connectivity index is 1.41. The minimum absolute atomic E-state index is 0.0391. The number of carbonyl (C=O) groups excluding carboxylic acids is 1. The summed E-state index contributed by atoms with van der Waals surface area (Å²) in [6.07, 6.45) is 0. The van der Waals surface area contributed by atoms with Gasteiger partial charge in [0.25, 0.3) is 0 Å². The Hall–Kier alpha value is -2.58. The van der Waals surface area contributed by atoms with Gasteiger partial charge in [-0.1, -0.05) is 23.9 Å². The number of nitrogens with zero attached hydrogens (tertiary/aromatic N) is 3. The number of hydrogen-bond acceptors (Lipinski definition) is 6. The Kier molecular flexibility index (Phi) is 5.73. The topological polar surface area (TPSA) is 71.1 Å². The van der Waals surface area contributed by atoms with Crippen LogP contribution in [0.15, 0.2) is 47.6 Å². The van der Waals surface area contributed by atoms with Crippen molar-refractivity contribution in [3.8, 4) is 5.75 Å². The lowest BCUT2D eigenvalue weighted by Gasteiger charge is -2.22. The summed E-state index contributed by atoms with van der Waals surface area (Å²) < 4.78 is 6.66. The molecule has 0 aliphatic carbocycles. The summed E-state index contributed by atoms with van der Waals surface area (Å²) in [4.78, 5) is 27.0. The van der Waals surface area contributed by atoms with E-state index in [-0.39, 0.29) is 11.9 Å². The highest BCUT2D eigenvalue weighted by molar-refractivity contribution is 7.99. The molecule has 0 fully saturated rings. The molecule has 8 heteroatoms. The fourth-order valence-corrected chi connectivity index (χ4v) is 4.84. The Morgan fingerprint density at radius 3 is 2.86 bits per heavy atom. The van der Waals surface area contributed by atoms with Crippen molar-refractivity contribution < 1.29 is 9.53 Å². The maximum Gasteiger partial charge on any atom is 0.233 e. The minimum Gasteiger partial charge on any atom is -0.494 e. The molecule has 1 amide bonds. The number of thiazole rings is 1. The molecule has 2 aromatic carbocycles. The second-order valence-corrected chi connectivity index (χ2v) is 8.67. The zero-order valence-corrected chi connectivity index (χ0v) is 18.1. The highest BCUT2D eigenvalue weighted by atomic mass is 32.2. The van der Waals surface area contributed by atoms with Gasteiger partial charge in [-0.25, -0.2) is 9.97 Å². The van der Waals surface area contributed by atoms with Crippen molar-refractivity contribution in [2.45, 2.75) is 25.0 Å². The van der Waals surface area contributed by atoms with Crippen LogP contribution in [-0.4, -0.2) is 45.2 Å². The molecule has 4 rings (SSSR count). The van der Waals surface area contributed by atoms with Crippen molar-refractivity contribution in [1.29, 1.82) is 0 Å². The molecule has 0 radical (unpaired) electrons. The van der Waals surface area contributed by atoms with E-state index in [4.69, 9.17) is 4.74 Å². The van der Waals surface area contributed by atoms with Crippen LogP contribution in [0.3, 0.4) is 0 Å². The summed E-state index contributed by atoms with van der Waals surface area (Å²) in [6.45, 7) is 4.58. The number of amides is 1. The monoisotopic (exact) mass is 426 g/mol. The van der Waals surface area contributed by atoms with Gasteiger partial charge in [0.15, 0.2) is 5.16 Å². The molecule has 29 heavy (non-hydrogen) atoms. The third kappa shape index (κ3) is 4.23. The average molecular weight is 427 g/mol. The minimum atomic E-state index is -0.0788. The van der Waals surface area contributed by atoms with Gasteiger partial charge in [0, 0.05) is 13.1 Å². The molecule has 6 nitrogen and oxygen atoms in total. The van der Waals surface area contributed by atoms with Gasteiger partial charge in [0.05, 0.1) is 39.7 Å². The summed E-state index contributed by atoms with van der Waals surface area (Å²) in [7, 11) is 1.83. The molecule has 2 heterocycles. The molecule has 4 aromatic rings. The Morgan fingerprint density at radius 2 is 2.07 bits per heavy atom. The van der Waals surface area contributed by atoms with Crippen LogP contribution in [0.4, 0.5) is 0 Å². The van der Waals surface area contributed by atoms with Crippen LogP contribution in [0.2, 0.25) is 0 Å². The zero-order chi connectivity index (χ0) is 20.4. The van der Waals surface area contributed by atoms with Crippen LogP contribution in [0, 0.1) is 0 Å². The summed E-state index contributed by atoms with van der Waals surface area (Å²) >= 11 is 3.04. The lowest BCUT2D eigenvalue weighted by atomic mass is 10.3. The lowest BCUT2D eigenvalue weighted by Crippen LogP contribution is -2.31. The molecule has 0 aliphatic heterocycles. The van der Waals surface area contributed by atoms with E-state index in [9.17, 15) is 4.79 Å². The van der Waals surface area contributed by atoms with Crippen molar-refractivity contribution in [2.75, 3.05) is 19.4 Å². The average Bonchev–Trinajstić information content (AvgIpc) is 3.34. The number of aromatic amines is 1. The number of imidazole rings is 1. The van der Waals surface area contributed by atoms with E-state index in [0.29, 0.717) is 12.4 Å². The standard InChI is InChI=1S/C21H22N4O2S2/c1-4-27-14-9-10-15-17(11-14)24-21(23-15)28-12-19(26)25(3)13(2)20-22-16-7-5-6-8-18(16)29-20/h5-11,13H,4,12H2,1-3H3,(H,23,24)/t13-/m0/s1. The fraction of sp³-hybridized carbons (Fsp3) is 0.286. The first kappa shape index (κ1) is 19.7. The van der Waals surface area contributed by atoms with Crippen molar-refractivity contribution in [2.24, 2.45) is 0 Å². The Labute approximate surface area is 177 Å². The molecule has 0 bridgehead atoms. The normalized spacial score (nSPS) is 12.4. The third-order valence-electron chi connectivity index (χ3n) is 4.72. The fourth-order valence-electron chi connectivity index (χ4n) is 2.97. The molecular weight excluding hydrogens is 404 g/mol. The smallest absolute Gasteiger partial charge is 0.233 e. The van der Waals surface area contributed by atoms with Crippen molar-refractivity contribution in [3.05, 3.63) is 47.5 Å². The van der Waals surface area contributed by atoms with E-state index >= 15 is 0 Å². The third-order valence-corrected chi connectivity index (χ3v) is 6.78. The molecule has 0 spiro atoms. The predicted octanol–water partition coefficient (Wildman–Crippen LogP) is 4.88. The molecule has 0 saturated carbocycles. The van der Waals surface area contributed by atoms with Crippen LogP contribution in [0.5, 0.6) is 5.75 Å². The van der Waals surface area contributed by atoms with Gasteiger partial charge in [0.2, 0.25) is 5.91 Å². The maximum absolute atomic E-state index is 12.7. The molecule has 2 aromatic heterocycles. The molecule has 150 valence electrons. The van der Waals surface area contributed by atoms with Gasteiger partial charge >= 0.3 is 0 Å². The van der Waals surface area contributed by atoms with Gasteiger partial charge in [-0.15, -0.1) is 11.3 Å².